The molecule has 4 aliphatic heterocycles. The molecule has 3 amide bonds. The number of amides is 3. The van der Waals surface area contributed by atoms with Gasteiger partial charge in [0.1, 0.15) is 11.8 Å². The fraction of sp³-hybridized carbons (Fsp3) is 0.581. The van der Waals surface area contributed by atoms with E-state index in [0.29, 0.717) is 19.7 Å². The third-order valence-corrected chi connectivity index (χ3v) is 10.4. The first-order valence-electron chi connectivity index (χ1n) is 14.3. The second kappa shape index (κ2) is 10.6. The van der Waals surface area contributed by atoms with Crippen LogP contribution in [0.5, 0.6) is 5.75 Å². The van der Waals surface area contributed by atoms with Gasteiger partial charge >= 0.3 is 0 Å². The number of benzene rings is 1. The summed E-state index contributed by atoms with van der Waals surface area (Å²) in [6.45, 7) is 13.0. The molecule has 0 saturated carbocycles. The maximum atomic E-state index is 14.5. The minimum Gasteiger partial charge on any atom is -0.494 e. The Balaban J connectivity index is 1.60. The normalized spacial score (nSPS) is 30.8. The fourth-order valence-electron chi connectivity index (χ4n) is 6.78. The molecule has 1 aromatic carbocycles. The van der Waals surface area contributed by atoms with Crippen LogP contribution in [0.2, 0.25) is 0 Å². The molecule has 0 aromatic heterocycles. The van der Waals surface area contributed by atoms with Gasteiger partial charge in [-0.25, -0.2) is 0 Å². The molecule has 2 fully saturated rings. The molecule has 6 atom stereocenters. The summed E-state index contributed by atoms with van der Waals surface area (Å²) in [4.78, 5) is 48.5. The molecule has 8 nitrogen and oxygen atoms in total. The van der Waals surface area contributed by atoms with Crippen LogP contribution >= 0.6 is 11.8 Å². The lowest BCUT2D eigenvalue weighted by Crippen LogP contribution is -2.60. The van der Waals surface area contributed by atoms with Crippen LogP contribution in [0, 0.1) is 17.8 Å². The van der Waals surface area contributed by atoms with Gasteiger partial charge in [-0.2, -0.15) is 0 Å². The van der Waals surface area contributed by atoms with E-state index in [-0.39, 0.29) is 35.5 Å². The topological polar surface area (TPSA) is 90.4 Å². The lowest BCUT2D eigenvalue weighted by molar-refractivity contribution is -0.149. The number of carbonyl (C=O) groups excluding carboxylic acids is 3. The number of ether oxygens (including phenoxy) is 1. The van der Waals surface area contributed by atoms with E-state index in [1.807, 2.05) is 95.0 Å². The summed E-state index contributed by atoms with van der Waals surface area (Å²) >= 11 is 1.56. The van der Waals surface area contributed by atoms with Gasteiger partial charge in [0.15, 0.2) is 0 Å². The van der Waals surface area contributed by atoms with Crippen LogP contribution in [0.4, 0.5) is 5.69 Å². The molecule has 4 heterocycles. The number of nitrogens with zero attached hydrogens (tertiary/aromatic N) is 3. The van der Waals surface area contributed by atoms with Crippen molar-refractivity contribution >= 4 is 35.2 Å². The van der Waals surface area contributed by atoms with Gasteiger partial charge in [0.2, 0.25) is 17.7 Å². The number of hydrogen-bond donors (Lipinski definition) is 1. The number of aliphatic hydroxyl groups is 1. The predicted octanol–water partition coefficient (Wildman–Crippen LogP) is 3.50. The van der Waals surface area contributed by atoms with E-state index < -0.39 is 34.2 Å². The zero-order chi connectivity index (χ0) is 29.0. The Morgan fingerprint density at radius 1 is 1.05 bits per heavy atom. The zero-order valence-electron chi connectivity index (χ0n) is 24.2. The van der Waals surface area contributed by atoms with Gasteiger partial charge in [-0.05, 0) is 57.9 Å². The average Bonchev–Trinajstić information content (AvgIpc) is 3.20. The lowest BCUT2D eigenvalue weighted by Gasteiger charge is -2.43. The molecule has 2 saturated heterocycles. The van der Waals surface area contributed by atoms with Gasteiger partial charge in [-0.1, -0.05) is 38.2 Å². The molecule has 1 unspecified atom stereocenters. The van der Waals surface area contributed by atoms with Crippen LogP contribution in [0.15, 0.2) is 48.6 Å². The van der Waals surface area contributed by atoms with Crippen molar-refractivity contribution < 1.29 is 24.2 Å². The second-order valence-corrected chi connectivity index (χ2v) is 13.9. The molecule has 216 valence electrons. The number of thioether (sulfide) groups is 1. The number of carbonyl (C=O) groups is 3. The largest absolute Gasteiger partial charge is 0.494 e. The minimum absolute atomic E-state index is 0.0705. The molecule has 5 rings (SSSR count). The Bertz CT molecular complexity index is 1220. The molecule has 9 heteroatoms. The number of fused-ring (bicyclic) bond motifs is 2. The number of likely N-dealkylation sites (tertiary alicyclic amines) is 1. The summed E-state index contributed by atoms with van der Waals surface area (Å²) in [7, 11) is 0. The van der Waals surface area contributed by atoms with Crippen LogP contribution in [0.3, 0.4) is 0 Å². The third-order valence-electron chi connectivity index (χ3n) is 8.68. The van der Waals surface area contributed by atoms with Gasteiger partial charge in [0.25, 0.3) is 0 Å². The van der Waals surface area contributed by atoms with E-state index in [2.05, 4.69) is 0 Å². The first kappa shape index (κ1) is 28.7. The lowest BCUT2D eigenvalue weighted by atomic mass is 9.78. The van der Waals surface area contributed by atoms with Crippen molar-refractivity contribution in [2.45, 2.75) is 69.2 Å². The maximum absolute atomic E-state index is 14.5. The highest BCUT2D eigenvalue weighted by Crippen LogP contribution is 2.61. The molecule has 0 aliphatic carbocycles. The first-order valence-corrected chi connectivity index (χ1v) is 15.1. The van der Waals surface area contributed by atoms with E-state index in [1.165, 1.54) is 0 Å². The summed E-state index contributed by atoms with van der Waals surface area (Å²) in [5.41, 5.74) is 0.283. The molecular weight excluding hydrogens is 526 g/mol. The fourth-order valence-corrected chi connectivity index (χ4v) is 8.77. The predicted molar refractivity (Wildman–Crippen MR) is 157 cm³/mol. The molecule has 40 heavy (non-hydrogen) atoms. The Labute approximate surface area is 241 Å². The molecule has 1 N–H and O–H groups in total. The van der Waals surface area contributed by atoms with Gasteiger partial charge in [-0.15, -0.1) is 11.8 Å². The maximum Gasteiger partial charge on any atom is 0.247 e. The molecular formula is C31H41N3O5S. The summed E-state index contributed by atoms with van der Waals surface area (Å²) < 4.78 is 4.67. The monoisotopic (exact) mass is 567 g/mol. The summed E-state index contributed by atoms with van der Waals surface area (Å²) in [5, 5.41) is 10.2. The molecule has 1 spiro atoms. The average molecular weight is 568 g/mol. The summed E-state index contributed by atoms with van der Waals surface area (Å²) in [6.07, 6.45) is 8.06. The van der Waals surface area contributed by atoms with Crippen LogP contribution in [0.25, 0.3) is 0 Å². The second-order valence-electron chi connectivity index (χ2n) is 12.4. The van der Waals surface area contributed by atoms with Crippen molar-refractivity contribution in [3.8, 4) is 5.75 Å². The molecule has 0 radical (unpaired) electrons. The first-order chi connectivity index (χ1) is 19.0. The van der Waals surface area contributed by atoms with Gasteiger partial charge in [0.05, 0.1) is 35.8 Å². The number of anilines is 1. The van der Waals surface area contributed by atoms with E-state index >= 15 is 0 Å². The molecule has 0 bridgehead atoms. The Morgan fingerprint density at radius 2 is 1.75 bits per heavy atom. The van der Waals surface area contributed by atoms with Crippen molar-refractivity contribution in [1.82, 2.24) is 9.80 Å². The van der Waals surface area contributed by atoms with Gasteiger partial charge in [-0.3, -0.25) is 14.4 Å². The van der Waals surface area contributed by atoms with Crippen molar-refractivity contribution in [3.63, 3.8) is 0 Å². The number of hydrogen-bond acceptors (Lipinski definition) is 6. The standard InChI is InChI=1S/C31H41N3O5S/c1-7-39-21-13-11-20(12-14-21)32-16-8-10-23-24(27(32)36)25-28(37)34(22(18-35)19(2)3)26-29(38)33(30(4,5)6)17-9-15-31(25,26)40-23/h8-15,19,22-26,35H,7,16-18H2,1-6H3/t22-,23+,24-,25-,26?,31-/m0/s1. The number of aliphatic hydroxyl groups excluding tert-OH is 1. The van der Waals surface area contributed by atoms with Crippen molar-refractivity contribution in [2.24, 2.45) is 17.8 Å². The molecule has 1 aromatic rings. The quantitative estimate of drug-likeness (QED) is 0.530. The van der Waals surface area contributed by atoms with Crippen LogP contribution in [-0.4, -0.2) is 86.6 Å². The van der Waals surface area contributed by atoms with E-state index in [1.54, 1.807) is 21.6 Å². The van der Waals surface area contributed by atoms with Crippen molar-refractivity contribution in [2.75, 3.05) is 31.2 Å². The highest BCUT2D eigenvalue weighted by Gasteiger charge is 2.72. The van der Waals surface area contributed by atoms with Crippen LogP contribution in [-0.2, 0) is 14.4 Å². The van der Waals surface area contributed by atoms with Gasteiger partial charge in [0, 0.05) is 29.6 Å². The van der Waals surface area contributed by atoms with Crippen molar-refractivity contribution in [1.29, 1.82) is 0 Å². The third kappa shape index (κ3) is 4.45. The highest BCUT2D eigenvalue weighted by atomic mass is 32.2. The smallest absolute Gasteiger partial charge is 0.247 e. The van der Waals surface area contributed by atoms with E-state index in [4.69, 9.17) is 4.74 Å². The zero-order valence-corrected chi connectivity index (χ0v) is 25.1. The molecule has 4 aliphatic rings. The van der Waals surface area contributed by atoms with Crippen LogP contribution < -0.4 is 9.64 Å². The summed E-state index contributed by atoms with van der Waals surface area (Å²) in [5.74, 6) is -1.17. The van der Waals surface area contributed by atoms with E-state index in [9.17, 15) is 19.5 Å². The SMILES string of the molecule is CCOc1ccc(N2CC=C[C@H]3S[C@]45C=CCN(C(C)(C)C)C(=O)C4N([C@@H](CO)C(C)C)C(=O)[C@@H]5[C@H]3C2=O)cc1. The number of rotatable bonds is 6. The van der Waals surface area contributed by atoms with Crippen molar-refractivity contribution in [3.05, 3.63) is 48.6 Å². The highest BCUT2D eigenvalue weighted by molar-refractivity contribution is 8.02. The Morgan fingerprint density at radius 3 is 2.35 bits per heavy atom. The Hall–Kier alpha value is -2.78. The minimum atomic E-state index is -0.909. The van der Waals surface area contributed by atoms with Gasteiger partial charge < -0.3 is 24.5 Å². The Kier molecular flexibility index (Phi) is 7.59. The van der Waals surface area contributed by atoms with E-state index in [0.717, 1.165) is 11.4 Å². The summed E-state index contributed by atoms with van der Waals surface area (Å²) in [6, 6.07) is 6.11. The van der Waals surface area contributed by atoms with Crippen LogP contribution in [0.1, 0.15) is 41.5 Å².